The molecule has 0 aromatic heterocycles. The Labute approximate surface area is 161 Å². The summed E-state index contributed by atoms with van der Waals surface area (Å²) in [6, 6.07) is 10.2. The number of hydrogen-bond donors (Lipinski definition) is 1. The second-order valence-corrected chi connectivity index (χ2v) is 7.47. The zero-order valence-corrected chi connectivity index (χ0v) is 15.9. The molecule has 4 rings (SSSR count). The first-order valence-corrected chi connectivity index (χ1v) is 9.50. The maximum atomic E-state index is 12.6. The summed E-state index contributed by atoms with van der Waals surface area (Å²) in [6.07, 6.45) is 4.72. The number of nitrogens with zero attached hydrogens (tertiary/aromatic N) is 1. The number of morpholine rings is 1. The summed E-state index contributed by atoms with van der Waals surface area (Å²) in [5, 5.41) is 9.65. The molecule has 0 amide bonds. The lowest BCUT2D eigenvalue weighted by atomic mass is 9.97. The van der Waals surface area contributed by atoms with Gasteiger partial charge in [0.2, 0.25) is 0 Å². The molecule has 5 nitrogen and oxygen atoms in total. The molecule has 1 aromatic rings. The van der Waals surface area contributed by atoms with Crippen LogP contribution in [0.4, 0.5) is 0 Å². The van der Waals surface area contributed by atoms with E-state index in [4.69, 9.17) is 9.47 Å². The fourth-order valence-corrected chi connectivity index (χ4v) is 4.57. The number of aliphatic hydroxyl groups excluding tert-OH is 1. The average molecular weight is 382 g/mol. The van der Waals surface area contributed by atoms with E-state index in [2.05, 4.69) is 11.8 Å². The van der Waals surface area contributed by atoms with E-state index in [1.807, 2.05) is 30.3 Å². The largest absolute Gasteiger partial charge is 0.462 e. The molecule has 0 radical (unpaired) electrons. The number of hydrogen-bond acceptors (Lipinski definition) is 5. The second-order valence-electron chi connectivity index (χ2n) is 7.47. The number of epoxide rings is 1. The van der Waals surface area contributed by atoms with Gasteiger partial charge in [-0.2, -0.15) is 0 Å². The molecule has 26 heavy (non-hydrogen) atoms. The van der Waals surface area contributed by atoms with Crippen LogP contribution in [0.1, 0.15) is 44.1 Å². The first-order chi connectivity index (χ1) is 12.2. The number of carbonyl (C=O) groups is 1. The third-order valence-corrected chi connectivity index (χ3v) is 5.90. The number of ether oxygens (including phenoxy) is 2. The summed E-state index contributed by atoms with van der Waals surface area (Å²) in [7, 11) is 0. The van der Waals surface area contributed by atoms with Crippen LogP contribution in [-0.4, -0.2) is 59.5 Å². The minimum Gasteiger partial charge on any atom is -0.462 e. The Morgan fingerprint density at radius 3 is 2.50 bits per heavy atom. The van der Waals surface area contributed by atoms with E-state index in [1.165, 1.54) is 12.8 Å². The predicted octanol–water partition coefficient (Wildman–Crippen LogP) is 2.51. The monoisotopic (exact) mass is 381 g/mol. The van der Waals surface area contributed by atoms with E-state index in [0.29, 0.717) is 24.3 Å². The van der Waals surface area contributed by atoms with Crippen LogP contribution in [0.25, 0.3) is 0 Å². The minimum absolute atomic E-state index is 0. The van der Waals surface area contributed by atoms with E-state index >= 15 is 0 Å². The molecule has 144 valence electrons. The van der Waals surface area contributed by atoms with E-state index in [-0.39, 0.29) is 31.1 Å². The number of piperidine rings is 1. The van der Waals surface area contributed by atoms with Crippen LogP contribution < -0.4 is 0 Å². The predicted molar refractivity (Wildman–Crippen MR) is 100 cm³/mol. The average Bonchev–Trinajstić information content (AvgIpc) is 3.38. The molecule has 6 heteroatoms. The summed E-state index contributed by atoms with van der Waals surface area (Å²) in [5.41, 5.74) is 0.810. The first-order valence-electron chi connectivity index (χ1n) is 9.50. The van der Waals surface area contributed by atoms with Crippen LogP contribution in [0.2, 0.25) is 0 Å². The van der Waals surface area contributed by atoms with Gasteiger partial charge in [-0.25, -0.2) is 0 Å². The van der Waals surface area contributed by atoms with Gasteiger partial charge in [0.1, 0.15) is 24.2 Å². The SMILES string of the molecule is CCCCN1C2CC(OC(=O)[C@@H](CO)c3ccccc3)CC1C1OC12.Cl. The Morgan fingerprint density at radius 2 is 1.92 bits per heavy atom. The van der Waals surface area contributed by atoms with Crippen LogP contribution in [0.3, 0.4) is 0 Å². The van der Waals surface area contributed by atoms with E-state index in [1.54, 1.807) is 0 Å². The van der Waals surface area contributed by atoms with Crippen LogP contribution in [0, 0.1) is 0 Å². The van der Waals surface area contributed by atoms with Gasteiger partial charge < -0.3 is 14.6 Å². The van der Waals surface area contributed by atoms with Crippen LogP contribution in [0.15, 0.2) is 30.3 Å². The summed E-state index contributed by atoms with van der Waals surface area (Å²) >= 11 is 0. The number of carbonyl (C=O) groups excluding carboxylic acids is 1. The minimum atomic E-state index is -0.595. The Bertz CT molecular complexity index is 595. The third-order valence-electron chi connectivity index (χ3n) is 5.90. The molecule has 3 aliphatic rings. The van der Waals surface area contributed by atoms with Crippen molar-refractivity contribution in [1.82, 2.24) is 4.90 Å². The molecule has 0 aliphatic carbocycles. The smallest absolute Gasteiger partial charge is 0.316 e. The Kier molecular flexibility index (Phi) is 6.23. The molecular weight excluding hydrogens is 354 g/mol. The number of halogens is 1. The molecule has 4 unspecified atom stereocenters. The lowest BCUT2D eigenvalue weighted by Gasteiger charge is -2.40. The number of esters is 1. The zero-order valence-electron chi connectivity index (χ0n) is 15.1. The van der Waals surface area contributed by atoms with Crippen molar-refractivity contribution in [2.45, 2.75) is 68.9 Å². The zero-order chi connectivity index (χ0) is 17.4. The number of aliphatic hydroxyl groups is 1. The Hall–Kier alpha value is -1.14. The van der Waals surface area contributed by atoms with Crippen molar-refractivity contribution < 1.29 is 19.4 Å². The van der Waals surface area contributed by atoms with E-state index in [9.17, 15) is 9.90 Å². The molecule has 3 fully saturated rings. The fraction of sp³-hybridized carbons (Fsp3) is 0.650. The quantitative estimate of drug-likeness (QED) is 0.580. The molecule has 5 atom stereocenters. The molecule has 0 saturated carbocycles. The topological polar surface area (TPSA) is 62.3 Å². The first kappa shape index (κ1) is 19.6. The van der Waals surface area contributed by atoms with Gasteiger partial charge in [-0.3, -0.25) is 9.69 Å². The molecule has 3 saturated heterocycles. The number of rotatable bonds is 7. The molecule has 1 N–H and O–H groups in total. The fourth-order valence-electron chi connectivity index (χ4n) is 4.57. The van der Waals surface area contributed by atoms with Gasteiger partial charge in [-0.15, -0.1) is 12.4 Å². The van der Waals surface area contributed by atoms with Crippen molar-refractivity contribution in [3.05, 3.63) is 35.9 Å². The highest BCUT2D eigenvalue weighted by atomic mass is 35.5. The van der Waals surface area contributed by atoms with Crippen molar-refractivity contribution in [2.24, 2.45) is 0 Å². The summed E-state index contributed by atoms with van der Waals surface area (Å²) in [4.78, 5) is 15.2. The summed E-state index contributed by atoms with van der Waals surface area (Å²) in [5.74, 6) is -0.905. The van der Waals surface area contributed by atoms with E-state index in [0.717, 1.165) is 24.9 Å². The number of benzene rings is 1. The lowest BCUT2D eigenvalue weighted by Crippen LogP contribution is -2.50. The highest BCUT2D eigenvalue weighted by molar-refractivity contribution is 5.85. The van der Waals surface area contributed by atoms with Gasteiger partial charge in [0, 0.05) is 24.9 Å². The highest BCUT2D eigenvalue weighted by Gasteiger charge is 2.63. The molecule has 0 spiro atoms. The normalized spacial score (nSPS) is 33.1. The van der Waals surface area contributed by atoms with Crippen molar-refractivity contribution in [2.75, 3.05) is 13.2 Å². The summed E-state index contributed by atoms with van der Waals surface area (Å²) in [6.45, 7) is 3.11. The van der Waals surface area contributed by atoms with Gasteiger partial charge >= 0.3 is 5.97 Å². The summed E-state index contributed by atoms with van der Waals surface area (Å²) < 4.78 is 11.6. The van der Waals surface area contributed by atoms with Crippen molar-refractivity contribution in [1.29, 1.82) is 0 Å². The Balaban J connectivity index is 0.00000196. The molecule has 1 aromatic carbocycles. The van der Waals surface area contributed by atoms with Gasteiger partial charge in [-0.1, -0.05) is 43.7 Å². The molecule has 3 aliphatic heterocycles. The molecular formula is C20H28ClNO4. The van der Waals surface area contributed by atoms with E-state index < -0.39 is 5.92 Å². The van der Waals surface area contributed by atoms with Crippen molar-refractivity contribution >= 4 is 18.4 Å². The van der Waals surface area contributed by atoms with Crippen molar-refractivity contribution in [3.63, 3.8) is 0 Å². The number of unbranched alkanes of at least 4 members (excludes halogenated alkanes) is 1. The lowest BCUT2D eigenvalue weighted by molar-refractivity contribution is -0.157. The Morgan fingerprint density at radius 1 is 1.27 bits per heavy atom. The third kappa shape index (κ3) is 3.63. The maximum absolute atomic E-state index is 12.6. The molecule has 2 bridgehead atoms. The van der Waals surface area contributed by atoms with Crippen LogP contribution in [0.5, 0.6) is 0 Å². The number of fused-ring (bicyclic) bond motifs is 5. The van der Waals surface area contributed by atoms with Gasteiger partial charge in [0.05, 0.1) is 6.61 Å². The molecule has 3 heterocycles. The second kappa shape index (κ2) is 8.26. The van der Waals surface area contributed by atoms with Gasteiger partial charge in [0.25, 0.3) is 0 Å². The highest BCUT2D eigenvalue weighted by Crippen LogP contribution is 2.49. The standard InChI is InChI=1S/C20H27NO4.ClH/c1-2-3-9-21-16-10-14(11-17(21)19-18(16)25-19)24-20(23)15(12-22)13-7-5-4-6-8-13;/h4-8,14-19,22H,2-3,9-12H2,1H3;1H/t14?,15-,16?,17?,18?,19?;/m0./s1. The van der Waals surface area contributed by atoms with Crippen molar-refractivity contribution in [3.8, 4) is 0 Å². The van der Waals surface area contributed by atoms with Gasteiger partial charge in [-0.05, 0) is 18.5 Å². The maximum Gasteiger partial charge on any atom is 0.316 e. The van der Waals surface area contributed by atoms with Gasteiger partial charge in [0.15, 0.2) is 0 Å². The van der Waals surface area contributed by atoms with Crippen LogP contribution in [-0.2, 0) is 14.3 Å². The van der Waals surface area contributed by atoms with Crippen LogP contribution >= 0.6 is 12.4 Å².